The molecule has 1 aromatic heterocycles. The second-order valence-electron chi connectivity index (χ2n) is 7.95. The first-order valence-corrected chi connectivity index (χ1v) is 14.6. The van der Waals surface area contributed by atoms with Gasteiger partial charge in [0.25, 0.3) is 0 Å². The van der Waals surface area contributed by atoms with E-state index in [1.165, 1.54) is 23.9 Å². The third-order valence-electron chi connectivity index (χ3n) is 4.96. The summed E-state index contributed by atoms with van der Waals surface area (Å²) in [5.74, 6) is -0.386. The molecule has 0 unspecified atom stereocenters. The molecule has 0 aliphatic carbocycles. The molecule has 0 spiro atoms. The Labute approximate surface area is 210 Å². The minimum atomic E-state index is -4.21. The first-order valence-electron chi connectivity index (χ1n) is 10.8. The Morgan fingerprint density at radius 1 is 0.886 bits per heavy atom. The van der Waals surface area contributed by atoms with Crippen LogP contribution in [0.3, 0.4) is 0 Å². The molecule has 0 radical (unpaired) electrons. The fraction of sp³-hybridized carbons (Fsp3) is 0.250. The lowest BCUT2D eigenvalue weighted by Crippen LogP contribution is -2.33. The van der Waals surface area contributed by atoms with Gasteiger partial charge in [-0.3, -0.25) is 4.28 Å². The number of rotatable bonds is 10. The van der Waals surface area contributed by atoms with Crippen molar-refractivity contribution in [2.24, 2.45) is 5.16 Å². The first-order chi connectivity index (χ1) is 16.5. The van der Waals surface area contributed by atoms with Crippen LogP contribution in [0.5, 0.6) is 0 Å². The Morgan fingerprint density at radius 2 is 1.46 bits per heavy atom. The largest absolute Gasteiger partial charge is 0.748 e. The smallest absolute Gasteiger partial charge is 0.358 e. The standard InChI is InChI=1S/C24H26N2O6S3/c1-19-5-9-22(10-6-19)33-24(25-32-35(30,31)23-11-7-20(2)8-12-23)21-13-16-26(17-14-21)15-3-4-18-34(27,28)29/h5-14,16-17H,3-4,15,18H2,1-2H3/b25-24-. The minimum Gasteiger partial charge on any atom is -0.748 e. The molecule has 0 aliphatic heterocycles. The SMILES string of the molecule is Cc1ccc(S/C(=N\OS(=O)(=O)c2ccc(C)cc2)c2cc[n+](CCCCS(=O)(=O)[O-])cc2)cc1. The Kier molecular flexibility index (Phi) is 9.06. The highest BCUT2D eigenvalue weighted by molar-refractivity contribution is 8.14. The maximum absolute atomic E-state index is 12.6. The van der Waals surface area contributed by atoms with Gasteiger partial charge in [-0.05, 0) is 44.5 Å². The highest BCUT2D eigenvalue weighted by Gasteiger charge is 2.18. The van der Waals surface area contributed by atoms with Gasteiger partial charge in [0.05, 0.1) is 10.1 Å². The van der Waals surface area contributed by atoms with Crippen LogP contribution < -0.4 is 4.57 Å². The van der Waals surface area contributed by atoms with E-state index >= 15 is 0 Å². The first kappa shape index (κ1) is 26.9. The number of pyridine rings is 1. The fourth-order valence-corrected chi connectivity index (χ4v) is 5.16. The van der Waals surface area contributed by atoms with Crippen LogP contribution >= 0.6 is 11.8 Å². The van der Waals surface area contributed by atoms with E-state index in [0.29, 0.717) is 23.6 Å². The number of nitrogens with zero attached hydrogens (tertiary/aromatic N) is 2. The van der Waals surface area contributed by atoms with Crippen LogP contribution in [0, 0.1) is 13.8 Å². The average molecular weight is 535 g/mol. The van der Waals surface area contributed by atoms with E-state index in [-0.39, 0.29) is 17.1 Å². The number of unbranched alkanes of at least 4 members (excludes halogenated alkanes) is 1. The lowest BCUT2D eigenvalue weighted by Gasteiger charge is -2.08. The summed E-state index contributed by atoms with van der Waals surface area (Å²) in [7, 11) is -8.31. The van der Waals surface area contributed by atoms with Crippen LogP contribution in [0.25, 0.3) is 0 Å². The molecule has 0 saturated carbocycles. The van der Waals surface area contributed by atoms with Crippen LogP contribution in [0.1, 0.15) is 29.5 Å². The zero-order valence-electron chi connectivity index (χ0n) is 19.3. The normalized spacial score (nSPS) is 12.5. The summed E-state index contributed by atoms with van der Waals surface area (Å²) < 4.78 is 64.4. The van der Waals surface area contributed by atoms with Crippen LogP contribution in [0.15, 0.2) is 88.0 Å². The molecule has 186 valence electrons. The van der Waals surface area contributed by atoms with E-state index in [4.69, 9.17) is 4.28 Å². The average Bonchev–Trinajstić information content (AvgIpc) is 2.81. The Hall–Kier alpha value is -2.73. The molecule has 0 N–H and O–H groups in total. The summed E-state index contributed by atoms with van der Waals surface area (Å²) in [5, 5.41) is 4.35. The van der Waals surface area contributed by atoms with Gasteiger partial charge >= 0.3 is 10.1 Å². The van der Waals surface area contributed by atoms with Crippen molar-refractivity contribution in [3.8, 4) is 0 Å². The van der Waals surface area contributed by atoms with Crippen molar-refractivity contribution >= 4 is 37.0 Å². The fourth-order valence-electron chi connectivity index (χ4n) is 3.00. The van der Waals surface area contributed by atoms with Gasteiger partial charge in [0.1, 0.15) is 16.5 Å². The summed E-state index contributed by atoms with van der Waals surface area (Å²) in [4.78, 5) is 0.874. The van der Waals surface area contributed by atoms with Crippen molar-refractivity contribution in [1.82, 2.24) is 0 Å². The van der Waals surface area contributed by atoms with Crippen molar-refractivity contribution in [1.29, 1.82) is 0 Å². The molecule has 0 bridgehead atoms. The maximum atomic E-state index is 12.6. The van der Waals surface area contributed by atoms with Crippen molar-refractivity contribution < 1.29 is 30.2 Å². The monoisotopic (exact) mass is 534 g/mol. The minimum absolute atomic E-state index is 0.0116. The molecule has 8 nitrogen and oxygen atoms in total. The number of hydrogen-bond acceptors (Lipinski definition) is 8. The third kappa shape index (κ3) is 8.77. The van der Waals surface area contributed by atoms with Gasteiger partial charge in [-0.25, -0.2) is 13.0 Å². The molecular weight excluding hydrogens is 508 g/mol. The Balaban J connectivity index is 1.80. The molecule has 1 heterocycles. The molecule has 0 fully saturated rings. The predicted octanol–water partition coefficient (Wildman–Crippen LogP) is 3.78. The van der Waals surface area contributed by atoms with Crippen LogP contribution in [0.4, 0.5) is 0 Å². The topological polar surface area (TPSA) is 117 Å². The van der Waals surface area contributed by atoms with Crippen molar-refractivity contribution in [3.63, 3.8) is 0 Å². The van der Waals surface area contributed by atoms with E-state index in [0.717, 1.165) is 16.0 Å². The van der Waals surface area contributed by atoms with Gasteiger partial charge in [-0.15, -0.1) is 0 Å². The van der Waals surface area contributed by atoms with Crippen molar-refractivity contribution in [2.75, 3.05) is 5.75 Å². The summed E-state index contributed by atoms with van der Waals surface area (Å²) in [6.07, 6.45) is 4.37. The van der Waals surface area contributed by atoms with Gasteiger partial charge in [0.15, 0.2) is 12.4 Å². The molecular formula is C24H26N2O6S3. The van der Waals surface area contributed by atoms with Gasteiger partial charge < -0.3 is 4.55 Å². The maximum Gasteiger partial charge on any atom is 0.358 e. The van der Waals surface area contributed by atoms with E-state index in [1.807, 2.05) is 42.7 Å². The molecule has 35 heavy (non-hydrogen) atoms. The van der Waals surface area contributed by atoms with Crippen LogP contribution in [-0.4, -0.2) is 32.2 Å². The lowest BCUT2D eigenvalue weighted by molar-refractivity contribution is -0.697. The quantitative estimate of drug-likeness (QED) is 0.0739. The van der Waals surface area contributed by atoms with E-state index in [9.17, 15) is 21.4 Å². The van der Waals surface area contributed by atoms with Gasteiger partial charge in [0.2, 0.25) is 0 Å². The van der Waals surface area contributed by atoms with E-state index < -0.39 is 20.2 Å². The van der Waals surface area contributed by atoms with E-state index in [1.54, 1.807) is 36.7 Å². The number of thioether (sulfide) groups is 1. The number of oxime groups is 1. The van der Waals surface area contributed by atoms with Gasteiger partial charge in [-0.1, -0.05) is 52.3 Å². The van der Waals surface area contributed by atoms with Crippen molar-refractivity contribution in [2.45, 2.75) is 43.0 Å². The summed E-state index contributed by atoms with van der Waals surface area (Å²) >= 11 is 1.27. The molecule has 2 aromatic carbocycles. The third-order valence-corrected chi connectivity index (χ3v) is 7.88. The van der Waals surface area contributed by atoms with Gasteiger partial charge in [-0.2, -0.15) is 8.42 Å². The molecule has 11 heteroatoms. The summed E-state index contributed by atoms with van der Waals surface area (Å²) in [6.45, 7) is 4.37. The highest BCUT2D eigenvalue weighted by Crippen LogP contribution is 2.25. The zero-order valence-corrected chi connectivity index (χ0v) is 21.8. The number of benzene rings is 2. The number of hydrogen-bond donors (Lipinski definition) is 0. The second kappa shape index (κ2) is 11.8. The van der Waals surface area contributed by atoms with Gasteiger partial charge in [0, 0.05) is 34.8 Å². The Bertz CT molecular complexity index is 1370. The van der Waals surface area contributed by atoms with Crippen LogP contribution in [-0.2, 0) is 31.1 Å². The second-order valence-corrected chi connectivity index (χ2v) is 12.1. The van der Waals surface area contributed by atoms with Crippen molar-refractivity contribution in [3.05, 3.63) is 89.7 Å². The lowest BCUT2D eigenvalue weighted by atomic mass is 10.2. The molecule has 0 aliphatic rings. The Morgan fingerprint density at radius 3 is 2.03 bits per heavy atom. The zero-order chi connectivity index (χ0) is 25.5. The highest BCUT2D eigenvalue weighted by atomic mass is 32.2. The summed E-state index contributed by atoms with van der Waals surface area (Å²) in [5.41, 5.74) is 2.67. The molecule has 0 saturated heterocycles. The number of aryl methyl sites for hydroxylation is 3. The van der Waals surface area contributed by atoms with Crippen LogP contribution in [0.2, 0.25) is 0 Å². The molecule has 3 aromatic rings. The molecule has 0 amide bonds. The molecule has 3 rings (SSSR count). The predicted molar refractivity (Wildman–Crippen MR) is 133 cm³/mol. The molecule has 0 atom stereocenters. The van der Waals surface area contributed by atoms with E-state index in [2.05, 4.69) is 5.16 Å². The number of aromatic nitrogens is 1. The summed E-state index contributed by atoms with van der Waals surface area (Å²) in [6, 6.07) is 17.6.